The molecule has 1 aromatic carbocycles. The van der Waals surface area contributed by atoms with Crippen LogP contribution in [0.5, 0.6) is 5.75 Å². The molecule has 1 aliphatic rings. The Balaban J connectivity index is 1.67. The van der Waals surface area contributed by atoms with Crippen molar-refractivity contribution in [1.29, 1.82) is 0 Å². The molecule has 1 aromatic heterocycles. The SMILES string of the molecule is COc1ccc(NC(=O)c2cc(NC3CCCCC3)ncn2)cc1F. The molecule has 3 rings (SSSR count). The Labute approximate surface area is 145 Å². The fraction of sp³-hybridized carbons (Fsp3) is 0.389. The summed E-state index contributed by atoms with van der Waals surface area (Å²) in [7, 11) is 1.39. The maximum absolute atomic E-state index is 13.7. The highest BCUT2D eigenvalue weighted by Crippen LogP contribution is 2.22. The van der Waals surface area contributed by atoms with Crippen LogP contribution in [0.2, 0.25) is 0 Å². The summed E-state index contributed by atoms with van der Waals surface area (Å²) >= 11 is 0. The van der Waals surface area contributed by atoms with Crippen molar-refractivity contribution < 1.29 is 13.9 Å². The summed E-state index contributed by atoms with van der Waals surface area (Å²) in [6.45, 7) is 0. The standard InChI is InChI=1S/C18H21FN4O2/c1-25-16-8-7-13(9-14(16)19)23-18(24)15-10-17(21-11-20-15)22-12-5-3-2-4-6-12/h7-12H,2-6H2,1H3,(H,23,24)(H,20,21,22). The zero-order chi connectivity index (χ0) is 17.6. The molecule has 1 aliphatic carbocycles. The fourth-order valence-corrected chi connectivity index (χ4v) is 2.96. The van der Waals surface area contributed by atoms with E-state index in [1.807, 2.05) is 0 Å². The molecule has 2 N–H and O–H groups in total. The van der Waals surface area contributed by atoms with E-state index in [4.69, 9.17) is 4.74 Å². The van der Waals surface area contributed by atoms with E-state index in [0.717, 1.165) is 12.8 Å². The van der Waals surface area contributed by atoms with Crippen LogP contribution >= 0.6 is 0 Å². The number of carbonyl (C=O) groups excluding carboxylic acids is 1. The molecule has 132 valence electrons. The Hall–Kier alpha value is -2.70. The third kappa shape index (κ3) is 4.43. The van der Waals surface area contributed by atoms with Crippen LogP contribution in [0.3, 0.4) is 0 Å². The number of anilines is 2. The third-order valence-corrected chi connectivity index (χ3v) is 4.27. The molecular formula is C18H21FN4O2. The first-order valence-electron chi connectivity index (χ1n) is 8.39. The van der Waals surface area contributed by atoms with Crippen LogP contribution in [0.15, 0.2) is 30.6 Å². The summed E-state index contributed by atoms with van der Waals surface area (Å²) in [4.78, 5) is 20.5. The lowest BCUT2D eigenvalue weighted by Gasteiger charge is -2.23. The minimum Gasteiger partial charge on any atom is -0.494 e. The van der Waals surface area contributed by atoms with Gasteiger partial charge in [-0.15, -0.1) is 0 Å². The van der Waals surface area contributed by atoms with Crippen LogP contribution in [-0.2, 0) is 0 Å². The van der Waals surface area contributed by atoms with Crippen molar-refractivity contribution in [2.45, 2.75) is 38.1 Å². The molecule has 0 saturated heterocycles. The van der Waals surface area contributed by atoms with Crippen LogP contribution in [0.25, 0.3) is 0 Å². The average molecular weight is 344 g/mol. The van der Waals surface area contributed by atoms with Crippen molar-refractivity contribution in [2.24, 2.45) is 0 Å². The van der Waals surface area contributed by atoms with Crippen molar-refractivity contribution in [3.63, 3.8) is 0 Å². The number of rotatable bonds is 5. The maximum Gasteiger partial charge on any atom is 0.274 e. The van der Waals surface area contributed by atoms with Crippen molar-refractivity contribution in [2.75, 3.05) is 17.7 Å². The van der Waals surface area contributed by atoms with Gasteiger partial charge in [0.25, 0.3) is 5.91 Å². The van der Waals surface area contributed by atoms with Gasteiger partial charge in [-0.2, -0.15) is 0 Å². The lowest BCUT2D eigenvalue weighted by molar-refractivity contribution is 0.102. The zero-order valence-corrected chi connectivity index (χ0v) is 14.1. The van der Waals surface area contributed by atoms with Gasteiger partial charge >= 0.3 is 0 Å². The number of aromatic nitrogens is 2. The van der Waals surface area contributed by atoms with E-state index >= 15 is 0 Å². The lowest BCUT2D eigenvalue weighted by atomic mass is 9.95. The first-order valence-corrected chi connectivity index (χ1v) is 8.39. The topological polar surface area (TPSA) is 76.1 Å². The molecule has 0 spiro atoms. The van der Waals surface area contributed by atoms with Crippen molar-refractivity contribution in [1.82, 2.24) is 9.97 Å². The van der Waals surface area contributed by atoms with Crippen molar-refractivity contribution in [3.8, 4) is 5.75 Å². The number of halogens is 1. The van der Waals surface area contributed by atoms with Gasteiger partial charge in [0.05, 0.1) is 7.11 Å². The summed E-state index contributed by atoms with van der Waals surface area (Å²) in [6, 6.07) is 6.24. The molecule has 0 unspecified atom stereocenters. The second kappa shape index (κ2) is 7.92. The molecule has 7 heteroatoms. The second-order valence-electron chi connectivity index (χ2n) is 6.07. The Morgan fingerprint density at radius 3 is 2.72 bits per heavy atom. The number of benzene rings is 1. The van der Waals surface area contributed by atoms with Gasteiger partial charge in [0.2, 0.25) is 0 Å². The molecule has 25 heavy (non-hydrogen) atoms. The molecular weight excluding hydrogens is 323 g/mol. The second-order valence-corrected chi connectivity index (χ2v) is 6.07. The van der Waals surface area contributed by atoms with Crippen molar-refractivity contribution >= 4 is 17.4 Å². The van der Waals surface area contributed by atoms with Gasteiger partial charge in [0.15, 0.2) is 11.6 Å². The number of hydrogen-bond donors (Lipinski definition) is 2. The van der Waals surface area contributed by atoms with Gasteiger partial charge in [0, 0.05) is 23.9 Å². The summed E-state index contributed by atoms with van der Waals surface area (Å²) in [5.74, 6) is -0.201. The van der Waals surface area contributed by atoms with Gasteiger partial charge in [-0.05, 0) is 25.0 Å². The van der Waals surface area contributed by atoms with Gasteiger partial charge < -0.3 is 15.4 Å². The lowest BCUT2D eigenvalue weighted by Crippen LogP contribution is -2.23. The molecule has 0 aliphatic heterocycles. The predicted octanol–water partition coefficient (Wildman–Crippen LogP) is 3.62. The van der Waals surface area contributed by atoms with E-state index in [-0.39, 0.29) is 11.4 Å². The Kier molecular flexibility index (Phi) is 5.42. The van der Waals surface area contributed by atoms with E-state index in [1.165, 1.54) is 44.8 Å². The molecule has 6 nitrogen and oxygen atoms in total. The van der Waals surface area contributed by atoms with E-state index in [1.54, 1.807) is 12.1 Å². The molecule has 1 fully saturated rings. The maximum atomic E-state index is 13.7. The molecule has 0 atom stereocenters. The quantitative estimate of drug-likeness (QED) is 0.866. The Morgan fingerprint density at radius 2 is 2.00 bits per heavy atom. The number of nitrogens with one attached hydrogen (secondary N) is 2. The van der Waals surface area contributed by atoms with Crippen molar-refractivity contribution in [3.05, 3.63) is 42.1 Å². The number of ether oxygens (including phenoxy) is 1. The van der Waals surface area contributed by atoms with E-state index < -0.39 is 11.7 Å². The smallest absolute Gasteiger partial charge is 0.274 e. The first-order chi connectivity index (χ1) is 12.2. The highest BCUT2D eigenvalue weighted by Gasteiger charge is 2.15. The summed E-state index contributed by atoms with van der Waals surface area (Å²) in [5, 5.41) is 5.99. The number of hydrogen-bond acceptors (Lipinski definition) is 5. The fourth-order valence-electron chi connectivity index (χ4n) is 2.96. The third-order valence-electron chi connectivity index (χ3n) is 4.27. The molecule has 0 bridgehead atoms. The summed E-state index contributed by atoms with van der Waals surface area (Å²) in [6.07, 6.45) is 7.26. The number of methoxy groups -OCH3 is 1. The zero-order valence-electron chi connectivity index (χ0n) is 14.1. The first kappa shape index (κ1) is 17.1. The Bertz CT molecular complexity index is 748. The highest BCUT2D eigenvalue weighted by atomic mass is 19.1. The van der Waals surface area contributed by atoms with Gasteiger partial charge in [-0.1, -0.05) is 19.3 Å². The van der Waals surface area contributed by atoms with Gasteiger partial charge in [0.1, 0.15) is 17.8 Å². The van der Waals surface area contributed by atoms with Crippen LogP contribution < -0.4 is 15.4 Å². The summed E-state index contributed by atoms with van der Waals surface area (Å²) in [5.41, 5.74) is 0.563. The highest BCUT2D eigenvalue weighted by molar-refractivity contribution is 6.03. The summed E-state index contributed by atoms with van der Waals surface area (Å²) < 4.78 is 18.6. The van der Waals surface area contributed by atoms with Gasteiger partial charge in [-0.25, -0.2) is 14.4 Å². The van der Waals surface area contributed by atoms with Crippen LogP contribution in [-0.4, -0.2) is 29.0 Å². The van der Waals surface area contributed by atoms with Crippen LogP contribution in [0.1, 0.15) is 42.6 Å². The molecule has 2 aromatic rings. The number of amides is 1. The number of nitrogens with zero attached hydrogens (tertiary/aromatic N) is 2. The predicted molar refractivity (Wildman–Crippen MR) is 93.4 cm³/mol. The molecule has 1 heterocycles. The minimum absolute atomic E-state index is 0.124. The monoisotopic (exact) mass is 344 g/mol. The van der Waals surface area contributed by atoms with E-state index in [9.17, 15) is 9.18 Å². The average Bonchev–Trinajstić information content (AvgIpc) is 2.63. The minimum atomic E-state index is -0.539. The van der Waals surface area contributed by atoms with Crippen LogP contribution in [0, 0.1) is 5.82 Å². The Morgan fingerprint density at radius 1 is 1.20 bits per heavy atom. The van der Waals surface area contributed by atoms with E-state index in [2.05, 4.69) is 20.6 Å². The van der Waals surface area contributed by atoms with Gasteiger partial charge in [-0.3, -0.25) is 4.79 Å². The molecule has 1 amide bonds. The number of carbonyl (C=O) groups is 1. The normalized spacial score (nSPS) is 14.8. The largest absolute Gasteiger partial charge is 0.494 e. The van der Waals surface area contributed by atoms with E-state index in [0.29, 0.717) is 17.5 Å². The molecule has 1 saturated carbocycles. The molecule has 0 radical (unpaired) electrons. The van der Waals surface area contributed by atoms with Crippen LogP contribution in [0.4, 0.5) is 15.9 Å².